The van der Waals surface area contributed by atoms with Gasteiger partial charge in [0.1, 0.15) is 12.0 Å². The van der Waals surface area contributed by atoms with E-state index in [1.54, 1.807) is 0 Å². The standard InChI is InChI=1S/C14H21BrN4O2/c1-2-7-18(11-5-3-10(16)4-6-11)14-13(15)8-12(9-17-14)19(20)21/h8-11H,2-7,16H2,1H3. The lowest BCUT2D eigenvalue weighted by Crippen LogP contribution is -2.42. The molecule has 1 saturated carbocycles. The fourth-order valence-corrected chi connectivity index (χ4v) is 3.41. The first kappa shape index (κ1) is 16.2. The van der Waals surface area contributed by atoms with E-state index >= 15 is 0 Å². The van der Waals surface area contributed by atoms with Crippen LogP contribution in [0.25, 0.3) is 0 Å². The third kappa shape index (κ3) is 3.91. The third-order valence-corrected chi connectivity index (χ3v) is 4.52. The number of pyridine rings is 1. The summed E-state index contributed by atoms with van der Waals surface area (Å²) in [7, 11) is 0. The van der Waals surface area contributed by atoms with Crippen molar-refractivity contribution in [2.24, 2.45) is 5.73 Å². The van der Waals surface area contributed by atoms with Crippen molar-refractivity contribution in [3.05, 3.63) is 26.9 Å². The first-order valence-electron chi connectivity index (χ1n) is 7.35. The van der Waals surface area contributed by atoms with Crippen LogP contribution in [0.4, 0.5) is 11.5 Å². The minimum Gasteiger partial charge on any atom is -0.353 e. The van der Waals surface area contributed by atoms with Crippen LogP contribution in [0.2, 0.25) is 0 Å². The second-order valence-electron chi connectivity index (χ2n) is 5.52. The van der Waals surface area contributed by atoms with Gasteiger partial charge in [0.15, 0.2) is 0 Å². The van der Waals surface area contributed by atoms with Gasteiger partial charge < -0.3 is 10.6 Å². The van der Waals surface area contributed by atoms with Crippen LogP contribution in [0.1, 0.15) is 39.0 Å². The molecule has 0 aromatic carbocycles. The van der Waals surface area contributed by atoms with Crippen molar-refractivity contribution in [1.29, 1.82) is 0 Å². The maximum Gasteiger partial charge on any atom is 0.288 e. The molecule has 1 aliphatic rings. The summed E-state index contributed by atoms with van der Waals surface area (Å²) in [5.41, 5.74) is 5.98. The van der Waals surface area contributed by atoms with Crippen LogP contribution in [0.15, 0.2) is 16.7 Å². The van der Waals surface area contributed by atoms with Gasteiger partial charge in [0.25, 0.3) is 5.69 Å². The Labute approximate surface area is 133 Å². The van der Waals surface area contributed by atoms with E-state index in [0.29, 0.717) is 16.6 Å². The van der Waals surface area contributed by atoms with Gasteiger partial charge in [-0.05, 0) is 48.0 Å². The Bertz CT molecular complexity index is 504. The summed E-state index contributed by atoms with van der Waals surface area (Å²) < 4.78 is 0.681. The second-order valence-corrected chi connectivity index (χ2v) is 6.37. The van der Waals surface area contributed by atoms with Crippen LogP contribution in [0.3, 0.4) is 0 Å². The highest BCUT2D eigenvalue weighted by atomic mass is 79.9. The number of nitrogens with two attached hydrogens (primary N) is 1. The first-order chi connectivity index (χ1) is 10.0. The molecule has 0 aliphatic heterocycles. The lowest BCUT2D eigenvalue weighted by molar-refractivity contribution is -0.385. The van der Waals surface area contributed by atoms with Crippen molar-refractivity contribution >= 4 is 27.4 Å². The van der Waals surface area contributed by atoms with Gasteiger partial charge in [-0.3, -0.25) is 10.1 Å². The molecular formula is C14H21BrN4O2. The van der Waals surface area contributed by atoms with Gasteiger partial charge in [-0.2, -0.15) is 0 Å². The highest BCUT2D eigenvalue weighted by Gasteiger charge is 2.26. The topological polar surface area (TPSA) is 85.3 Å². The Hall–Kier alpha value is -1.21. The second kappa shape index (κ2) is 7.17. The van der Waals surface area contributed by atoms with Crippen molar-refractivity contribution in [2.75, 3.05) is 11.4 Å². The van der Waals surface area contributed by atoms with E-state index in [1.165, 1.54) is 12.3 Å². The van der Waals surface area contributed by atoms with Crippen molar-refractivity contribution in [3.8, 4) is 0 Å². The molecule has 0 amide bonds. The SMILES string of the molecule is CCCN(c1ncc([N+](=O)[O-])cc1Br)C1CCC(N)CC1. The summed E-state index contributed by atoms with van der Waals surface area (Å²) >= 11 is 3.43. The largest absolute Gasteiger partial charge is 0.353 e. The minimum atomic E-state index is -0.425. The van der Waals surface area contributed by atoms with E-state index in [2.05, 4.69) is 32.7 Å². The first-order valence-corrected chi connectivity index (χ1v) is 8.14. The Balaban J connectivity index is 2.23. The van der Waals surface area contributed by atoms with Gasteiger partial charge in [0.05, 0.1) is 9.40 Å². The van der Waals surface area contributed by atoms with Gasteiger partial charge >= 0.3 is 0 Å². The normalized spacial score (nSPS) is 22.0. The molecule has 7 heteroatoms. The fourth-order valence-electron chi connectivity index (χ4n) is 2.85. The van der Waals surface area contributed by atoms with Crippen LogP contribution in [0.5, 0.6) is 0 Å². The Morgan fingerprint density at radius 1 is 1.48 bits per heavy atom. The molecule has 0 atom stereocenters. The lowest BCUT2D eigenvalue weighted by atomic mass is 9.90. The van der Waals surface area contributed by atoms with Crippen LogP contribution >= 0.6 is 15.9 Å². The number of anilines is 1. The zero-order chi connectivity index (χ0) is 15.4. The molecule has 1 heterocycles. The minimum absolute atomic E-state index is 0.00717. The summed E-state index contributed by atoms with van der Waals surface area (Å²) in [5.74, 6) is 0.794. The van der Waals surface area contributed by atoms with E-state index in [1.807, 2.05) is 0 Å². The van der Waals surface area contributed by atoms with E-state index in [4.69, 9.17) is 5.73 Å². The number of aromatic nitrogens is 1. The average Bonchev–Trinajstić information content (AvgIpc) is 2.46. The Morgan fingerprint density at radius 2 is 2.14 bits per heavy atom. The van der Waals surface area contributed by atoms with Gasteiger partial charge in [-0.25, -0.2) is 4.98 Å². The van der Waals surface area contributed by atoms with Crippen LogP contribution in [0, 0.1) is 10.1 Å². The molecule has 1 aliphatic carbocycles. The van der Waals surface area contributed by atoms with Crippen LogP contribution in [-0.2, 0) is 0 Å². The lowest BCUT2D eigenvalue weighted by Gasteiger charge is -2.37. The zero-order valence-electron chi connectivity index (χ0n) is 12.2. The number of hydrogen-bond acceptors (Lipinski definition) is 5. The van der Waals surface area contributed by atoms with Crippen LogP contribution in [-0.4, -0.2) is 28.5 Å². The molecule has 6 nitrogen and oxygen atoms in total. The van der Waals surface area contributed by atoms with E-state index in [0.717, 1.165) is 44.5 Å². The van der Waals surface area contributed by atoms with Gasteiger partial charge in [0, 0.05) is 24.7 Å². The number of halogens is 1. The molecule has 1 aromatic heterocycles. The van der Waals surface area contributed by atoms with Gasteiger partial charge in [-0.1, -0.05) is 6.92 Å². The van der Waals surface area contributed by atoms with E-state index in [-0.39, 0.29) is 5.69 Å². The molecule has 0 unspecified atom stereocenters. The summed E-state index contributed by atoms with van der Waals surface area (Å²) in [6.45, 7) is 3.02. The smallest absolute Gasteiger partial charge is 0.288 e. The van der Waals surface area contributed by atoms with Crippen LogP contribution < -0.4 is 10.6 Å². The quantitative estimate of drug-likeness (QED) is 0.646. The Morgan fingerprint density at radius 3 is 2.67 bits per heavy atom. The van der Waals surface area contributed by atoms with E-state index < -0.39 is 4.92 Å². The van der Waals surface area contributed by atoms with Crippen molar-refractivity contribution in [3.63, 3.8) is 0 Å². The maximum atomic E-state index is 10.8. The molecule has 0 bridgehead atoms. The molecule has 0 spiro atoms. The summed E-state index contributed by atoms with van der Waals surface area (Å²) in [6, 6.07) is 2.24. The molecule has 2 N–H and O–H groups in total. The van der Waals surface area contributed by atoms with E-state index in [9.17, 15) is 10.1 Å². The molecule has 1 fully saturated rings. The average molecular weight is 357 g/mol. The monoisotopic (exact) mass is 356 g/mol. The maximum absolute atomic E-state index is 10.8. The molecule has 0 saturated heterocycles. The summed E-state index contributed by atoms with van der Waals surface area (Å²) in [5, 5.41) is 10.8. The number of nitro groups is 1. The number of hydrogen-bond donors (Lipinski definition) is 1. The Kier molecular flexibility index (Phi) is 5.52. The molecule has 116 valence electrons. The molecule has 21 heavy (non-hydrogen) atoms. The predicted molar refractivity (Wildman–Crippen MR) is 86.5 cm³/mol. The molecule has 2 rings (SSSR count). The van der Waals surface area contributed by atoms with Crippen molar-refractivity contribution < 1.29 is 4.92 Å². The fraction of sp³-hybridized carbons (Fsp3) is 0.643. The summed E-state index contributed by atoms with van der Waals surface area (Å²) in [6.07, 6.45) is 6.48. The third-order valence-electron chi connectivity index (χ3n) is 3.94. The zero-order valence-corrected chi connectivity index (χ0v) is 13.8. The highest BCUT2D eigenvalue weighted by Crippen LogP contribution is 2.32. The molecular weight excluding hydrogens is 336 g/mol. The van der Waals surface area contributed by atoms with Crippen molar-refractivity contribution in [1.82, 2.24) is 4.98 Å². The van der Waals surface area contributed by atoms with Gasteiger partial charge in [0.2, 0.25) is 0 Å². The highest BCUT2D eigenvalue weighted by molar-refractivity contribution is 9.10. The number of rotatable bonds is 5. The predicted octanol–water partition coefficient (Wildman–Crippen LogP) is 3.24. The molecule has 1 aromatic rings. The number of nitrogens with zero attached hydrogens (tertiary/aromatic N) is 3. The van der Waals surface area contributed by atoms with Gasteiger partial charge in [-0.15, -0.1) is 0 Å². The summed E-state index contributed by atoms with van der Waals surface area (Å²) in [4.78, 5) is 17.0. The molecule has 0 radical (unpaired) electrons. The van der Waals surface area contributed by atoms with Crippen molar-refractivity contribution in [2.45, 2.75) is 51.1 Å².